The molecule has 0 aromatic carbocycles. The van der Waals surface area contributed by atoms with Crippen LogP contribution in [0, 0.1) is 6.92 Å². The molecule has 1 aromatic heterocycles. The van der Waals surface area contributed by atoms with Gasteiger partial charge in [-0.25, -0.2) is 8.42 Å². The van der Waals surface area contributed by atoms with Crippen molar-refractivity contribution in [3.8, 4) is 0 Å². The van der Waals surface area contributed by atoms with E-state index in [2.05, 4.69) is 15.0 Å². The summed E-state index contributed by atoms with van der Waals surface area (Å²) in [6, 6.07) is 3.32. The van der Waals surface area contributed by atoms with Gasteiger partial charge in [0.1, 0.15) is 0 Å². The van der Waals surface area contributed by atoms with E-state index in [-0.39, 0.29) is 5.75 Å². The number of aryl methyl sites for hydroxylation is 1. The number of rotatable bonds is 5. The summed E-state index contributed by atoms with van der Waals surface area (Å²) in [6.45, 7) is 2.24. The molecule has 0 bridgehead atoms. The molecule has 0 aliphatic heterocycles. The highest BCUT2D eigenvalue weighted by molar-refractivity contribution is 7.92. The fraction of sp³-hybridized carbons (Fsp3) is 0.444. The van der Waals surface area contributed by atoms with Crippen LogP contribution in [0.3, 0.4) is 0 Å². The zero-order valence-corrected chi connectivity index (χ0v) is 9.63. The Balaban J connectivity index is 2.69. The third-order valence-electron chi connectivity index (χ3n) is 1.79. The Hall–Kier alpha value is -1.14. The largest absolute Gasteiger partial charge is 0.319 e. The number of sulfonamides is 1. The van der Waals surface area contributed by atoms with Crippen LogP contribution in [0.1, 0.15) is 5.69 Å². The molecule has 1 heterocycles. The van der Waals surface area contributed by atoms with Crippen LogP contribution in [0.4, 0.5) is 5.69 Å². The molecule has 2 N–H and O–H groups in total. The number of aromatic nitrogens is 1. The van der Waals surface area contributed by atoms with Gasteiger partial charge in [-0.2, -0.15) is 0 Å². The molecule has 0 saturated heterocycles. The van der Waals surface area contributed by atoms with Gasteiger partial charge < -0.3 is 5.32 Å². The predicted molar refractivity (Wildman–Crippen MR) is 60.3 cm³/mol. The van der Waals surface area contributed by atoms with Crippen molar-refractivity contribution in [2.24, 2.45) is 0 Å². The first-order valence-electron chi connectivity index (χ1n) is 4.61. The summed E-state index contributed by atoms with van der Waals surface area (Å²) >= 11 is 0. The molecule has 0 fully saturated rings. The quantitative estimate of drug-likeness (QED) is 0.764. The minimum Gasteiger partial charge on any atom is -0.319 e. The second kappa shape index (κ2) is 5.09. The van der Waals surface area contributed by atoms with E-state index in [4.69, 9.17) is 0 Å². The minimum atomic E-state index is -3.25. The van der Waals surface area contributed by atoms with Crippen molar-refractivity contribution in [2.75, 3.05) is 24.1 Å². The maximum absolute atomic E-state index is 11.5. The van der Waals surface area contributed by atoms with Crippen LogP contribution in [0.25, 0.3) is 0 Å². The molecule has 15 heavy (non-hydrogen) atoms. The summed E-state index contributed by atoms with van der Waals surface area (Å²) in [7, 11) is -1.54. The Labute approximate surface area is 90.0 Å². The van der Waals surface area contributed by atoms with Crippen LogP contribution >= 0.6 is 0 Å². The predicted octanol–water partition coefficient (Wildman–Crippen LogP) is 0.351. The first kappa shape index (κ1) is 11.9. The summed E-state index contributed by atoms with van der Waals surface area (Å²) < 4.78 is 25.5. The van der Waals surface area contributed by atoms with E-state index in [0.717, 1.165) is 5.69 Å². The zero-order valence-electron chi connectivity index (χ0n) is 8.82. The number of hydrogen-bond acceptors (Lipinski definition) is 4. The molecule has 84 valence electrons. The van der Waals surface area contributed by atoms with Gasteiger partial charge in [-0.3, -0.25) is 9.71 Å². The van der Waals surface area contributed by atoms with Gasteiger partial charge in [0, 0.05) is 18.4 Å². The Morgan fingerprint density at radius 3 is 2.80 bits per heavy atom. The number of nitrogens with zero attached hydrogens (tertiary/aromatic N) is 1. The SMILES string of the molecule is CNCCS(=O)(=O)Nc1ccnc(C)c1. The van der Waals surface area contributed by atoms with E-state index >= 15 is 0 Å². The van der Waals surface area contributed by atoms with Crippen molar-refractivity contribution < 1.29 is 8.42 Å². The molecule has 0 atom stereocenters. The lowest BCUT2D eigenvalue weighted by Gasteiger charge is -2.07. The third-order valence-corrected chi connectivity index (χ3v) is 3.08. The van der Waals surface area contributed by atoms with Gasteiger partial charge in [0.15, 0.2) is 0 Å². The fourth-order valence-corrected chi connectivity index (χ4v) is 2.14. The van der Waals surface area contributed by atoms with Crippen molar-refractivity contribution in [1.29, 1.82) is 0 Å². The first-order chi connectivity index (χ1) is 7.03. The highest BCUT2D eigenvalue weighted by Gasteiger charge is 2.09. The van der Waals surface area contributed by atoms with Gasteiger partial charge in [-0.15, -0.1) is 0 Å². The normalized spacial score (nSPS) is 11.3. The number of anilines is 1. The third kappa shape index (κ3) is 4.26. The summed E-state index contributed by atoms with van der Waals surface area (Å²) in [5.74, 6) is 0.0604. The van der Waals surface area contributed by atoms with Crippen molar-refractivity contribution in [3.63, 3.8) is 0 Å². The molecule has 0 radical (unpaired) electrons. The molecular formula is C9H15N3O2S. The molecule has 0 spiro atoms. The fourth-order valence-electron chi connectivity index (χ4n) is 1.08. The lowest BCUT2D eigenvalue weighted by atomic mass is 10.3. The number of hydrogen-bond donors (Lipinski definition) is 2. The zero-order chi connectivity index (χ0) is 11.3. The Kier molecular flexibility index (Phi) is 4.05. The van der Waals surface area contributed by atoms with Gasteiger partial charge in [0.05, 0.1) is 11.4 Å². The Morgan fingerprint density at radius 2 is 2.20 bits per heavy atom. The van der Waals surface area contributed by atoms with Crippen molar-refractivity contribution in [2.45, 2.75) is 6.92 Å². The summed E-state index contributed by atoms with van der Waals surface area (Å²) in [5, 5.41) is 2.79. The molecule has 0 aliphatic rings. The highest BCUT2D eigenvalue weighted by Crippen LogP contribution is 2.09. The van der Waals surface area contributed by atoms with Gasteiger partial charge in [-0.05, 0) is 26.1 Å². The molecule has 1 aromatic rings. The number of nitrogens with one attached hydrogen (secondary N) is 2. The molecule has 0 unspecified atom stereocenters. The van der Waals surface area contributed by atoms with Crippen LogP contribution < -0.4 is 10.0 Å². The topological polar surface area (TPSA) is 71.1 Å². The van der Waals surface area contributed by atoms with Crippen LogP contribution in [-0.4, -0.2) is 32.7 Å². The summed E-state index contributed by atoms with van der Waals surface area (Å²) in [6.07, 6.45) is 1.57. The second-order valence-electron chi connectivity index (χ2n) is 3.21. The average molecular weight is 229 g/mol. The van der Waals surface area contributed by atoms with Gasteiger partial charge in [0.25, 0.3) is 0 Å². The highest BCUT2D eigenvalue weighted by atomic mass is 32.2. The Bertz CT molecular complexity index is 417. The van der Waals surface area contributed by atoms with E-state index in [9.17, 15) is 8.42 Å². The smallest absolute Gasteiger partial charge is 0.233 e. The lowest BCUT2D eigenvalue weighted by Crippen LogP contribution is -2.24. The van der Waals surface area contributed by atoms with Crippen LogP contribution in [0.15, 0.2) is 18.3 Å². The van der Waals surface area contributed by atoms with Gasteiger partial charge in [0.2, 0.25) is 10.0 Å². The minimum absolute atomic E-state index is 0.0604. The Morgan fingerprint density at radius 1 is 1.47 bits per heavy atom. The first-order valence-corrected chi connectivity index (χ1v) is 6.26. The van der Waals surface area contributed by atoms with E-state index in [1.165, 1.54) is 0 Å². The van der Waals surface area contributed by atoms with Crippen LogP contribution in [-0.2, 0) is 10.0 Å². The lowest BCUT2D eigenvalue weighted by molar-refractivity contribution is 0.598. The van der Waals surface area contributed by atoms with E-state index < -0.39 is 10.0 Å². The van der Waals surface area contributed by atoms with Gasteiger partial charge in [-0.1, -0.05) is 0 Å². The van der Waals surface area contributed by atoms with Crippen molar-refractivity contribution in [1.82, 2.24) is 10.3 Å². The van der Waals surface area contributed by atoms with E-state index in [1.807, 2.05) is 6.92 Å². The van der Waals surface area contributed by atoms with E-state index in [1.54, 1.807) is 25.4 Å². The monoisotopic (exact) mass is 229 g/mol. The van der Waals surface area contributed by atoms with Crippen molar-refractivity contribution in [3.05, 3.63) is 24.0 Å². The molecule has 0 saturated carbocycles. The van der Waals surface area contributed by atoms with Crippen molar-refractivity contribution >= 4 is 15.7 Å². The second-order valence-corrected chi connectivity index (χ2v) is 5.05. The standard InChI is InChI=1S/C9H15N3O2S/c1-8-7-9(3-4-11-8)12-15(13,14)6-5-10-2/h3-4,7,10H,5-6H2,1-2H3,(H,11,12). The van der Waals surface area contributed by atoms with E-state index in [0.29, 0.717) is 12.2 Å². The maximum atomic E-state index is 11.5. The molecular weight excluding hydrogens is 214 g/mol. The average Bonchev–Trinajstić information content (AvgIpc) is 2.14. The molecule has 5 nitrogen and oxygen atoms in total. The molecule has 0 amide bonds. The summed E-state index contributed by atoms with van der Waals surface area (Å²) in [5.41, 5.74) is 1.34. The van der Waals surface area contributed by atoms with Gasteiger partial charge >= 0.3 is 0 Å². The van der Waals surface area contributed by atoms with Crippen LogP contribution in [0.5, 0.6) is 0 Å². The maximum Gasteiger partial charge on any atom is 0.233 e. The number of pyridine rings is 1. The molecule has 0 aliphatic carbocycles. The molecule has 6 heteroatoms. The van der Waals surface area contributed by atoms with Crippen LogP contribution in [0.2, 0.25) is 0 Å². The summed E-state index contributed by atoms with van der Waals surface area (Å²) in [4.78, 5) is 3.98. The molecule has 1 rings (SSSR count).